The number of fused-ring (bicyclic) bond motifs is 1. The Morgan fingerprint density at radius 2 is 1.77 bits per heavy atom. The van der Waals surface area contributed by atoms with Crippen molar-refractivity contribution < 1.29 is 13.2 Å². The SMILES string of the molecule is O=C1Cc2cc(NS(=O)(=O)c3ccc(Cl)cc3)c(Cl)cc2N1. The molecular formula is C14H10Cl2N2O3S. The molecule has 0 saturated carbocycles. The van der Waals surface area contributed by atoms with Crippen LogP contribution in [-0.2, 0) is 21.2 Å². The Morgan fingerprint density at radius 3 is 2.45 bits per heavy atom. The summed E-state index contributed by atoms with van der Waals surface area (Å²) in [5, 5.41) is 3.30. The molecule has 22 heavy (non-hydrogen) atoms. The summed E-state index contributed by atoms with van der Waals surface area (Å²) in [5.41, 5.74) is 1.53. The van der Waals surface area contributed by atoms with Gasteiger partial charge in [0.25, 0.3) is 10.0 Å². The Balaban J connectivity index is 1.95. The maximum absolute atomic E-state index is 12.3. The molecule has 1 aliphatic heterocycles. The minimum Gasteiger partial charge on any atom is -0.325 e. The van der Waals surface area contributed by atoms with Crippen LogP contribution in [0.2, 0.25) is 10.0 Å². The second kappa shape index (κ2) is 5.46. The Kier molecular flexibility index (Phi) is 3.76. The zero-order valence-corrected chi connectivity index (χ0v) is 13.4. The van der Waals surface area contributed by atoms with Gasteiger partial charge in [-0.1, -0.05) is 23.2 Å². The molecule has 0 fully saturated rings. The molecule has 0 aliphatic carbocycles. The summed E-state index contributed by atoms with van der Waals surface area (Å²) in [5.74, 6) is -0.149. The summed E-state index contributed by atoms with van der Waals surface area (Å²) >= 11 is 11.8. The van der Waals surface area contributed by atoms with Crippen molar-refractivity contribution >= 4 is 50.5 Å². The van der Waals surface area contributed by atoms with E-state index in [1.54, 1.807) is 6.07 Å². The molecule has 5 nitrogen and oxygen atoms in total. The molecule has 2 aromatic carbocycles. The summed E-state index contributed by atoms with van der Waals surface area (Å²) in [6.45, 7) is 0. The van der Waals surface area contributed by atoms with Crippen molar-refractivity contribution in [1.29, 1.82) is 0 Å². The van der Waals surface area contributed by atoms with Crippen LogP contribution in [0, 0.1) is 0 Å². The highest BCUT2D eigenvalue weighted by atomic mass is 35.5. The Morgan fingerprint density at radius 1 is 1.09 bits per heavy atom. The van der Waals surface area contributed by atoms with Crippen molar-refractivity contribution in [3.8, 4) is 0 Å². The smallest absolute Gasteiger partial charge is 0.261 e. The number of benzene rings is 2. The van der Waals surface area contributed by atoms with Crippen molar-refractivity contribution in [3.63, 3.8) is 0 Å². The van der Waals surface area contributed by atoms with Gasteiger partial charge in [-0.25, -0.2) is 8.42 Å². The van der Waals surface area contributed by atoms with E-state index in [0.29, 0.717) is 16.3 Å². The molecular weight excluding hydrogens is 347 g/mol. The lowest BCUT2D eigenvalue weighted by Gasteiger charge is -2.11. The fourth-order valence-electron chi connectivity index (χ4n) is 2.14. The third kappa shape index (κ3) is 2.90. The Hall–Kier alpha value is -1.76. The highest BCUT2D eigenvalue weighted by molar-refractivity contribution is 7.92. The lowest BCUT2D eigenvalue weighted by Crippen LogP contribution is -2.13. The molecule has 0 aromatic heterocycles. The van der Waals surface area contributed by atoms with E-state index in [0.717, 1.165) is 0 Å². The first-order chi connectivity index (χ1) is 10.3. The molecule has 1 aliphatic rings. The number of halogens is 2. The maximum atomic E-state index is 12.3. The van der Waals surface area contributed by atoms with Crippen molar-refractivity contribution in [2.24, 2.45) is 0 Å². The van der Waals surface area contributed by atoms with Crippen LogP contribution in [0.15, 0.2) is 41.3 Å². The van der Waals surface area contributed by atoms with E-state index in [9.17, 15) is 13.2 Å². The van der Waals surface area contributed by atoms with Crippen molar-refractivity contribution in [2.45, 2.75) is 11.3 Å². The predicted octanol–water partition coefficient (Wildman–Crippen LogP) is 3.29. The molecule has 2 aromatic rings. The van der Waals surface area contributed by atoms with Gasteiger partial charge < -0.3 is 5.32 Å². The molecule has 0 bridgehead atoms. The highest BCUT2D eigenvalue weighted by Gasteiger charge is 2.22. The number of rotatable bonds is 3. The molecule has 0 atom stereocenters. The number of amides is 1. The minimum absolute atomic E-state index is 0.0719. The third-order valence-corrected chi connectivity index (χ3v) is 5.13. The number of carbonyl (C=O) groups is 1. The standard InChI is InChI=1S/C14H10Cl2N2O3S/c15-9-1-3-10(4-2-9)22(20,21)18-13-5-8-6-14(19)17-12(8)7-11(13)16/h1-5,7,18H,6H2,(H,17,19). The van der Waals surface area contributed by atoms with E-state index in [2.05, 4.69) is 10.0 Å². The number of anilines is 2. The lowest BCUT2D eigenvalue weighted by molar-refractivity contribution is -0.115. The molecule has 8 heteroatoms. The van der Waals surface area contributed by atoms with Crippen LogP contribution in [0.25, 0.3) is 0 Å². The molecule has 2 N–H and O–H groups in total. The second-order valence-corrected chi connectivity index (χ2v) is 7.30. The fraction of sp³-hybridized carbons (Fsp3) is 0.0714. The van der Waals surface area contributed by atoms with Crippen LogP contribution in [0.5, 0.6) is 0 Å². The van der Waals surface area contributed by atoms with Gasteiger partial charge in [0.1, 0.15) is 0 Å². The maximum Gasteiger partial charge on any atom is 0.261 e. The van der Waals surface area contributed by atoms with Gasteiger partial charge in [0.15, 0.2) is 0 Å². The summed E-state index contributed by atoms with van der Waals surface area (Å²) in [6.07, 6.45) is 0.197. The third-order valence-electron chi connectivity index (χ3n) is 3.19. The summed E-state index contributed by atoms with van der Waals surface area (Å²) in [7, 11) is -3.78. The number of carbonyl (C=O) groups excluding carboxylic acids is 1. The van der Waals surface area contributed by atoms with Crippen LogP contribution in [0.1, 0.15) is 5.56 Å². The van der Waals surface area contributed by atoms with Gasteiger partial charge in [0.05, 0.1) is 22.0 Å². The van der Waals surface area contributed by atoms with E-state index in [1.165, 1.54) is 30.3 Å². The van der Waals surface area contributed by atoms with Gasteiger partial charge in [0, 0.05) is 10.7 Å². The first-order valence-electron chi connectivity index (χ1n) is 6.26. The fourth-order valence-corrected chi connectivity index (χ4v) is 3.61. The van der Waals surface area contributed by atoms with Gasteiger partial charge >= 0.3 is 0 Å². The quantitative estimate of drug-likeness (QED) is 0.885. The van der Waals surface area contributed by atoms with Crippen molar-refractivity contribution in [3.05, 3.63) is 52.0 Å². The zero-order valence-electron chi connectivity index (χ0n) is 11.1. The van der Waals surface area contributed by atoms with Crippen LogP contribution < -0.4 is 10.0 Å². The van der Waals surface area contributed by atoms with Crippen LogP contribution in [0.3, 0.4) is 0 Å². The number of hydrogen-bond donors (Lipinski definition) is 2. The van der Waals surface area contributed by atoms with Gasteiger partial charge in [-0.3, -0.25) is 9.52 Å². The van der Waals surface area contributed by atoms with Crippen molar-refractivity contribution in [1.82, 2.24) is 0 Å². The van der Waals surface area contributed by atoms with Gasteiger partial charge in [-0.15, -0.1) is 0 Å². The Bertz CT molecular complexity index is 864. The number of hydrogen-bond acceptors (Lipinski definition) is 3. The highest BCUT2D eigenvalue weighted by Crippen LogP contribution is 2.34. The average Bonchev–Trinajstić information content (AvgIpc) is 2.78. The lowest BCUT2D eigenvalue weighted by atomic mass is 10.1. The molecule has 0 unspecified atom stereocenters. The van der Waals surface area contributed by atoms with E-state index in [1.807, 2.05) is 0 Å². The van der Waals surface area contributed by atoms with Crippen molar-refractivity contribution in [2.75, 3.05) is 10.0 Å². The number of sulfonamides is 1. The van der Waals surface area contributed by atoms with Gasteiger partial charge in [-0.05, 0) is 42.0 Å². The van der Waals surface area contributed by atoms with Crippen LogP contribution in [0.4, 0.5) is 11.4 Å². The molecule has 0 saturated heterocycles. The summed E-state index contributed by atoms with van der Waals surface area (Å²) in [4.78, 5) is 11.4. The van der Waals surface area contributed by atoms with Crippen LogP contribution >= 0.6 is 23.2 Å². The average molecular weight is 357 g/mol. The second-order valence-electron chi connectivity index (χ2n) is 4.77. The monoisotopic (exact) mass is 356 g/mol. The predicted molar refractivity (Wildman–Crippen MR) is 86.0 cm³/mol. The van der Waals surface area contributed by atoms with E-state index in [-0.39, 0.29) is 27.9 Å². The largest absolute Gasteiger partial charge is 0.325 e. The molecule has 0 spiro atoms. The first kappa shape index (κ1) is 15.1. The molecule has 1 heterocycles. The Labute approximate surface area is 137 Å². The van der Waals surface area contributed by atoms with Gasteiger partial charge in [-0.2, -0.15) is 0 Å². The van der Waals surface area contributed by atoms with E-state index >= 15 is 0 Å². The van der Waals surface area contributed by atoms with Gasteiger partial charge in [0.2, 0.25) is 5.91 Å². The van der Waals surface area contributed by atoms with E-state index < -0.39 is 10.0 Å². The summed E-state index contributed by atoms with van der Waals surface area (Å²) in [6, 6.07) is 8.87. The molecule has 1 amide bonds. The molecule has 0 radical (unpaired) electrons. The topological polar surface area (TPSA) is 75.3 Å². The minimum atomic E-state index is -3.78. The molecule has 3 rings (SSSR count). The normalized spacial score (nSPS) is 13.6. The van der Waals surface area contributed by atoms with E-state index in [4.69, 9.17) is 23.2 Å². The zero-order chi connectivity index (χ0) is 15.9. The molecule has 114 valence electrons. The summed E-state index contributed by atoms with van der Waals surface area (Å²) < 4.78 is 27.1. The van der Waals surface area contributed by atoms with Crippen LogP contribution in [-0.4, -0.2) is 14.3 Å². The number of nitrogens with one attached hydrogen (secondary N) is 2. The first-order valence-corrected chi connectivity index (χ1v) is 8.50.